The maximum absolute atomic E-state index is 12.1. The number of carbonyl (C=O) groups is 1. The van der Waals surface area contributed by atoms with E-state index >= 15 is 0 Å². The molecular formula is C16H26N2O. The fraction of sp³-hybridized carbons (Fsp3) is 0.562. The SMILES string of the molecule is CCC(CC)NC(=O)C(C)Nc1cc(C)cc(C)c1. The fourth-order valence-electron chi connectivity index (χ4n) is 2.19. The van der Waals surface area contributed by atoms with Crippen LogP contribution >= 0.6 is 0 Å². The molecule has 3 nitrogen and oxygen atoms in total. The lowest BCUT2D eigenvalue weighted by molar-refractivity contribution is -0.122. The van der Waals surface area contributed by atoms with Crippen LogP contribution in [0.3, 0.4) is 0 Å². The molecule has 0 saturated heterocycles. The van der Waals surface area contributed by atoms with Crippen LogP contribution in [0.1, 0.15) is 44.7 Å². The number of anilines is 1. The maximum Gasteiger partial charge on any atom is 0.242 e. The highest BCUT2D eigenvalue weighted by atomic mass is 16.2. The number of carbonyl (C=O) groups excluding carboxylic acids is 1. The Morgan fingerprint density at radius 1 is 1.11 bits per heavy atom. The van der Waals surface area contributed by atoms with Crippen LogP contribution in [0.15, 0.2) is 18.2 Å². The first-order chi connectivity index (χ1) is 8.96. The second kappa shape index (κ2) is 7.17. The van der Waals surface area contributed by atoms with Gasteiger partial charge in [-0.15, -0.1) is 0 Å². The Bertz CT molecular complexity index is 405. The van der Waals surface area contributed by atoms with Crippen molar-refractivity contribution in [3.63, 3.8) is 0 Å². The van der Waals surface area contributed by atoms with Gasteiger partial charge in [0.2, 0.25) is 5.91 Å². The quantitative estimate of drug-likeness (QED) is 0.825. The van der Waals surface area contributed by atoms with Gasteiger partial charge in [-0.25, -0.2) is 0 Å². The summed E-state index contributed by atoms with van der Waals surface area (Å²) in [5, 5.41) is 6.33. The third-order valence-electron chi connectivity index (χ3n) is 3.33. The molecule has 0 saturated carbocycles. The fourth-order valence-corrected chi connectivity index (χ4v) is 2.19. The van der Waals surface area contributed by atoms with Gasteiger partial charge in [-0.3, -0.25) is 4.79 Å². The van der Waals surface area contributed by atoms with E-state index in [0.717, 1.165) is 18.5 Å². The molecule has 1 atom stereocenters. The zero-order chi connectivity index (χ0) is 14.4. The molecule has 106 valence electrons. The smallest absolute Gasteiger partial charge is 0.242 e. The number of rotatable bonds is 6. The van der Waals surface area contributed by atoms with Gasteiger partial charge in [0.05, 0.1) is 0 Å². The van der Waals surface area contributed by atoms with E-state index in [1.165, 1.54) is 11.1 Å². The van der Waals surface area contributed by atoms with Gasteiger partial charge in [0.15, 0.2) is 0 Å². The standard InChI is InChI=1S/C16H26N2O/c1-6-14(7-2)18-16(19)13(5)17-15-9-11(3)8-12(4)10-15/h8-10,13-14,17H,6-7H2,1-5H3,(H,18,19). The van der Waals surface area contributed by atoms with Crippen molar-refractivity contribution in [2.24, 2.45) is 0 Å². The number of aryl methyl sites for hydroxylation is 2. The number of amides is 1. The third-order valence-corrected chi connectivity index (χ3v) is 3.33. The summed E-state index contributed by atoms with van der Waals surface area (Å²) in [6.45, 7) is 10.2. The van der Waals surface area contributed by atoms with Crippen LogP contribution in [0.25, 0.3) is 0 Å². The van der Waals surface area contributed by atoms with Crippen molar-refractivity contribution in [2.75, 3.05) is 5.32 Å². The van der Waals surface area contributed by atoms with Crippen LogP contribution < -0.4 is 10.6 Å². The summed E-state index contributed by atoms with van der Waals surface area (Å²) in [5.41, 5.74) is 3.41. The highest BCUT2D eigenvalue weighted by molar-refractivity contribution is 5.84. The van der Waals surface area contributed by atoms with Gasteiger partial charge in [-0.2, -0.15) is 0 Å². The van der Waals surface area contributed by atoms with Gasteiger partial charge < -0.3 is 10.6 Å². The van der Waals surface area contributed by atoms with Gasteiger partial charge in [-0.05, 0) is 56.9 Å². The first-order valence-electron chi connectivity index (χ1n) is 7.11. The average Bonchev–Trinajstić information content (AvgIpc) is 2.34. The van der Waals surface area contributed by atoms with Crippen molar-refractivity contribution in [3.05, 3.63) is 29.3 Å². The molecule has 1 amide bonds. The topological polar surface area (TPSA) is 41.1 Å². The van der Waals surface area contributed by atoms with E-state index in [4.69, 9.17) is 0 Å². The van der Waals surface area contributed by atoms with E-state index in [9.17, 15) is 4.79 Å². The van der Waals surface area contributed by atoms with Crippen molar-refractivity contribution in [2.45, 2.75) is 59.5 Å². The Kier molecular flexibility index (Phi) is 5.87. The Balaban J connectivity index is 2.63. The number of hydrogen-bond donors (Lipinski definition) is 2. The molecule has 0 fully saturated rings. The predicted molar refractivity (Wildman–Crippen MR) is 81.5 cm³/mol. The monoisotopic (exact) mass is 262 g/mol. The van der Waals surface area contributed by atoms with Crippen molar-refractivity contribution in [3.8, 4) is 0 Å². The number of nitrogens with one attached hydrogen (secondary N) is 2. The van der Waals surface area contributed by atoms with Gasteiger partial charge in [0, 0.05) is 11.7 Å². The Hall–Kier alpha value is -1.51. The van der Waals surface area contributed by atoms with Crippen molar-refractivity contribution in [1.82, 2.24) is 5.32 Å². The van der Waals surface area contributed by atoms with E-state index in [-0.39, 0.29) is 18.0 Å². The summed E-state index contributed by atoms with van der Waals surface area (Å²) in [6.07, 6.45) is 1.94. The van der Waals surface area contributed by atoms with Crippen molar-refractivity contribution >= 4 is 11.6 Å². The molecule has 3 heteroatoms. The summed E-state index contributed by atoms with van der Waals surface area (Å²) in [6, 6.07) is 6.31. The second-order valence-corrected chi connectivity index (χ2v) is 5.26. The zero-order valence-corrected chi connectivity index (χ0v) is 12.7. The summed E-state index contributed by atoms with van der Waals surface area (Å²) in [4.78, 5) is 12.1. The Labute approximate surface area is 116 Å². The highest BCUT2D eigenvalue weighted by Crippen LogP contribution is 2.14. The van der Waals surface area contributed by atoms with E-state index in [2.05, 4.69) is 56.5 Å². The van der Waals surface area contributed by atoms with Crippen LogP contribution in [0.4, 0.5) is 5.69 Å². The van der Waals surface area contributed by atoms with Gasteiger partial charge in [-0.1, -0.05) is 19.9 Å². The van der Waals surface area contributed by atoms with Crippen LogP contribution in [-0.4, -0.2) is 18.0 Å². The number of hydrogen-bond acceptors (Lipinski definition) is 2. The number of benzene rings is 1. The summed E-state index contributed by atoms with van der Waals surface area (Å²) < 4.78 is 0. The molecule has 2 N–H and O–H groups in total. The molecule has 0 radical (unpaired) electrons. The van der Waals surface area contributed by atoms with Crippen LogP contribution in [0, 0.1) is 13.8 Å². The zero-order valence-electron chi connectivity index (χ0n) is 12.7. The largest absolute Gasteiger partial charge is 0.374 e. The molecule has 0 bridgehead atoms. The molecule has 0 aliphatic rings. The lowest BCUT2D eigenvalue weighted by Gasteiger charge is -2.20. The summed E-state index contributed by atoms with van der Waals surface area (Å²) in [7, 11) is 0. The molecule has 0 aliphatic heterocycles. The third kappa shape index (κ3) is 4.93. The second-order valence-electron chi connectivity index (χ2n) is 5.26. The lowest BCUT2D eigenvalue weighted by Crippen LogP contribution is -2.42. The van der Waals surface area contributed by atoms with E-state index in [1.54, 1.807) is 0 Å². The van der Waals surface area contributed by atoms with Gasteiger partial charge >= 0.3 is 0 Å². The summed E-state index contributed by atoms with van der Waals surface area (Å²) in [5.74, 6) is 0.0628. The molecular weight excluding hydrogens is 236 g/mol. The first kappa shape index (κ1) is 15.5. The predicted octanol–water partition coefficient (Wildman–Crippen LogP) is 3.41. The molecule has 19 heavy (non-hydrogen) atoms. The van der Waals surface area contributed by atoms with E-state index in [0.29, 0.717) is 0 Å². The molecule has 0 spiro atoms. The molecule has 0 heterocycles. The minimum Gasteiger partial charge on any atom is -0.374 e. The van der Waals surface area contributed by atoms with E-state index < -0.39 is 0 Å². The molecule has 1 rings (SSSR count). The minimum atomic E-state index is -0.221. The van der Waals surface area contributed by atoms with Crippen LogP contribution in [0.5, 0.6) is 0 Å². The molecule has 0 aliphatic carbocycles. The van der Waals surface area contributed by atoms with Crippen molar-refractivity contribution < 1.29 is 4.79 Å². The Morgan fingerprint density at radius 2 is 1.63 bits per heavy atom. The minimum absolute atomic E-state index is 0.0628. The van der Waals surface area contributed by atoms with Crippen LogP contribution in [0.2, 0.25) is 0 Å². The molecule has 1 aromatic rings. The van der Waals surface area contributed by atoms with Crippen LogP contribution in [-0.2, 0) is 4.79 Å². The Morgan fingerprint density at radius 3 is 2.11 bits per heavy atom. The van der Waals surface area contributed by atoms with Crippen molar-refractivity contribution in [1.29, 1.82) is 0 Å². The molecule has 0 aromatic heterocycles. The van der Waals surface area contributed by atoms with E-state index in [1.807, 2.05) is 6.92 Å². The lowest BCUT2D eigenvalue weighted by atomic mass is 10.1. The van der Waals surface area contributed by atoms with Gasteiger partial charge in [0.1, 0.15) is 6.04 Å². The average molecular weight is 262 g/mol. The van der Waals surface area contributed by atoms with Gasteiger partial charge in [0.25, 0.3) is 0 Å². The first-order valence-corrected chi connectivity index (χ1v) is 7.11. The summed E-state index contributed by atoms with van der Waals surface area (Å²) >= 11 is 0. The maximum atomic E-state index is 12.1. The molecule has 1 aromatic carbocycles. The highest BCUT2D eigenvalue weighted by Gasteiger charge is 2.15. The normalized spacial score (nSPS) is 12.3. The molecule has 1 unspecified atom stereocenters.